The average Bonchev–Trinajstić information content (AvgIpc) is 2.56. The Hall–Kier alpha value is -1.26. The van der Waals surface area contributed by atoms with Crippen molar-refractivity contribution in [2.45, 2.75) is 78.2 Å². The molecule has 0 amide bonds. The Kier molecular flexibility index (Phi) is 10.0. The molecule has 0 aromatic heterocycles. The summed E-state index contributed by atoms with van der Waals surface area (Å²) in [5.74, 6) is 1.92. The van der Waals surface area contributed by atoms with Crippen LogP contribution in [0.3, 0.4) is 0 Å². The number of nitrogens with two attached hydrogens (primary N) is 1. The number of aryl methyl sites for hydroxylation is 1. The molecule has 0 aliphatic heterocycles. The summed E-state index contributed by atoms with van der Waals surface area (Å²) in [6, 6.07) is 5.56. The normalized spacial score (nSPS) is 14.0. The molecule has 0 aliphatic carbocycles. The first kappa shape index (κ1) is 22.8. The number of rotatable bonds is 13. The molecular formula is C22H39NO3. The van der Waals surface area contributed by atoms with Crippen molar-refractivity contribution in [3.8, 4) is 11.5 Å². The highest BCUT2D eigenvalue weighted by atomic mass is 16.5. The molecule has 0 bridgehead atoms. The third kappa shape index (κ3) is 8.91. The zero-order chi connectivity index (χ0) is 19.6. The summed E-state index contributed by atoms with van der Waals surface area (Å²) >= 11 is 0. The Bertz CT molecular complexity index is 516. The number of phenolic OH excluding ortho intramolecular Hbond substituents is 1. The van der Waals surface area contributed by atoms with Crippen LogP contribution in [-0.4, -0.2) is 29.0 Å². The lowest BCUT2D eigenvalue weighted by molar-refractivity contribution is 0.165. The van der Waals surface area contributed by atoms with Crippen LogP contribution in [0.25, 0.3) is 0 Å². The number of hydrogen-bond donors (Lipinski definition) is 3. The summed E-state index contributed by atoms with van der Waals surface area (Å²) in [5, 5.41) is 19.8. The van der Waals surface area contributed by atoms with Crippen LogP contribution >= 0.6 is 0 Å². The number of aliphatic hydroxyl groups is 1. The second-order valence-corrected chi connectivity index (χ2v) is 8.51. The lowest BCUT2D eigenvalue weighted by atomic mass is 9.85. The molecule has 4 heteroatoms. The maximum absolute atomic E-state index is 10.2. The van der Waals surface area contributed by atoms with Crippen molar-refractivity contribution < 1.29 is 14.9 Å². The van der Waals surface area contributed by atoms with Gasteiger partial charge >= 0.3 is 0 Å². The quantitative estimate of drug-likeness (QED) is 0.445. The van der Waals surface area contributed by atoms with Crippen LogP contribution in [-0.2, 0) is 6.42 Å². The molecule has 0 saturated carbocycles. The molecule has 1 rings (SSSR count). The molecule has 1 atom stereocenters. The zero-order valence-corrected chi connectivity index (χ0v) is 17.1. The lowest BCUT2D eigenvalue weighted by Gasteiger charge is -2.29. The Balaban J connectivity index is 2.44. The number of aliphatic hydroxyl groups excluding tert-OH is 1. The highest BCUT2D eigenvalue weighted by Gasteiger charge is 2.25. The monoisotopic (exact) mass is 365 g/mol. The topological polar surface area (TPSA) is 75.7 Å². The second-order valence-electron chi connectivity index (χ2n) is 8.51. The van der Waals surface area contributed by atoms with Crippen molar-refractivity contribution in [3.05, 3.63) is 23.8 Å². The number of ether oxygens (including phenoxy) is 1. The Morgan fingerprint density at radius 1 is 1.08 bits per heavy atom. The first-order chi connectivity index (χ1) is 12.3. The molecule has 0 radical (unpaired) electrons. The Morgan fingerprint density at radius 3 is 2.38 bits per heavy atom. The molecule has 0 heterocycles. The summed E-state index contributed by atoms with van der Waals surface area (Å²) in [4.78, 5) is 0. The SMILES string of the molecule is CC(C)CCCCCOc1ccc(CCC(N)(CO)CC(C)C)cc1O. The van der Waals surface area contributed by atoms with E-state index in [0.29, 0.717) is 24.7 Å². The standard InChI is InChI=1S/C22H39NO3/c1-17(2)8-6-5-7-13-26-21-10-9-19(14-20(21)25)11-12-22(23,16-24)15-18(3)4/h9-10,14,17-18,24-25H,5-8,11-13,15-16,23H2,1-4H3. The van der Waals surface area contributed by atoms with Gasteiger partial charge in [0, 0.05) is 5.54 Å². The van der Waals surface area contributed by atoms with Crippen LogP contribution in [0.5, 0.6) is 11.5 Å². The first-order valence-electron chi connectivity index (χ1n) is 10.1. The highest BCUT2D eigenvalue weighted by molar-refractivity contribution is 5.41. The fraction of sp³-hybridized carbons (Fsp3) is 0.727. The van der Waals surface area contributed by atoms with Gasteiger partial charge in [0.15, 0.2) is 11.5 Å². The molecule has 1 unspecified atom stereocenters. The maximum Gasteiger partial charge on any atom is 0.160 e. The molecule has 0 spiro atoms. The van der Waals surface area contributed by atoms with E-state index in [2.05, 4.69) is 27.7 Å². The van der Waals surface area contributed by atoms with Gasteiger partial charge in [-0.1, -0.05) is 53.0 Å². The van der Waals surface area contributed by atoms with Crippen molar-refractivity contribution in [2.75, 3.05) is 13.2 Å². The summed E-state index contributed by atoms with van der Waals surface area (Å²) in [6.45, 7) is 9.32. The number of aromatic hydroxyl groups is 1. The molecule has 0 fully saturated rings. The van der Waals surface area contributed by atoms with E-state index in [0.717, 1.165) is 37.2 Å². The predicted molar refractivity (Wildman–Crippen MR) is 109 cm³/mol. The van der Waals surface area contributed by atoms with Crippen molar-refractivity contribution >= 4 is 0 Å². The van der Waals surface area contributed by atoms with Crippen LogP contribution in [0.15, 0.2) is 18.2 Å². The van der Waals surface area contributed by atoms with Gasteiger partial charge in [-0.2, -0.15) is 0 Å². The smallest absolute Gasteiger partial charge is 0.160 e. The van der Waals surface area contributed by atoms with Crippen molar-refractivity contribution in [1.29, 1.82) is 0 Å². The van der Waals surface area contributed by atoms with Gasteiger partial charge in [-0.05, 0) is 55.2 Å². The van der Waals surface area contributed by atoms with Crippen molar-refractivity contribution in [3.63, 3.8) is 0 Å². The molecule has 1 aromatic carbocycles. The van der Waals surface area contributed by atoms with Gasteiger partial charge in [0.2, 0.25) is 0 Å². The highest BCUT2D eigenvalue weighted by Crippen LogP contribution is 2.29. The third-order valence-electron chi connectivity index (χ3n) is 4.75. The number of phenols is 1. The Morgan fingerprint density at radius 2 is 1.81 bits per heavy atom. The molecule has 26 heavy (non-hydrogen) atoms. The minimum atomic E-state index is -0.561. The van der Waals surface area contributed by atoms with E-state index in [4.69, 9.17) is 10.5 Å². The van der Waals surface area contributed by atoms with Gasteiger partial charge in [-0.3, -0.25) is 0 Å². The van der Waals surface area contributed by atoms with E-state index in [1.165, 1.54) is 12.8 Å². The summed E-state index contributed by atoms with van der Waals surface area (Å²) in [6.07, 6.45) is 6.86. The average molecular weight is 366 g/mol. The van der Waals surface area contributed by atoms with Crippen LogP contribution in [0.1, 0.15) is 71.8 Å². The van der Waals surface area contributed by atoms with E-state index in [9.17, 15) is 10.2 Å². The number of hydrogen-bond acceptors (Lipinski definition) is 4. The lowest BCUT2D eigenvalue weighted by Crippen LogP contribution is -2.45. The van der Waals surface area contributed by atoms with Gasteiger partial charge in [0.05, 0.1) is 13.2 Å². The van der Waals surface area contributed by atoms with Gasteiger partial charge in [-0.25, -0.2) is 0 Å². The van der Waals surface area contributed by atoms with Gasteiger partial charge in [0.1, 0.15) is 0 Å². The summed E-state index contributed by atoms with van der Waals surface area (Å²) in [5.41, 5.74) is 6.75. The van der Waals surface area contributed by atoms with E-state index in [1.807, 2.05) is 12.1 Å². The van der Waals surface area contributed by atoms with Crippen LogP contribution < -0.4 is 10.5 Å². The van der Waals surface area contributed by atoms with E-state index < -0.39 is 5.54 Å². The van der Waals surface area contributed by atoms with Crippen molar-refractivity contribution in [1.82, 2.24) is 0 Å². The molecule has 150 valence electrons. The fourth-order valence-electron chi connectivity index (χ4n) is 3.31. The van der Waals surface area contributed by atoms with Gasteiger partial charge in [-0.15, -0.1) is 0 Å². The fourth-order valence-corrected chi connectivity index (χ4v) is 3.31. The largest absolute Gasteiger partial charge is 0.504 e. The number of unbranched alkanes of at least 4 members (excludes halogenated alkanes) is 2. The maximum atomic E-state index is 10.2. The molecular weight excluding hydrogens is 326 g/mol. The van der Waals surface area contributed by atoms with Gasteiger partial charge in [0.25, 0.3) is 0 Å². The first-order valence-corrected chi connectivity index (χ1v) is 10.1. The molecule has 1 aromatic rings. The molecule has 4 nitrogen and oxygen atoms in total. The minimum Gasteiger partial charge on any atom is -0.504 e. The summed E-state index contributed by atoms with van der Waals surface area (Å²) in [7, 11) is 0. The third-order valence-corrected chi connectivity index (χ3v) is 4.75. The Labute approximate surface area is 159 Å². The summed E-state index contributed by atoms with van der Waals surface area (Å²) < 4.78 is 5.70. The van der Waals surface area contributed by atoms with Crippen LogP contribution in [0.2, 0.25) is 0 Å². The second kappa shape index (κ2) is 11.5. The molecule has 0 aliphatic rings. The van der Waals surface area contributed by atoms with E-state index in [-0.39, 0.29) is 12.4 Å². The minimum absolute atomic E-state index is 0.0187. The molecule has 4 N–H and O–H groups in total. The van der Waals surface area contributed by atoms with Gasteiger partial charge < -0.3 is 20.7 Å². The molecule has 0 saturated heterocycles. The zero-order valence-electron chi connectivity index (χ0n) is 17.1. The van der Waals surface area contributed by atoms with E-state index >= 15 is 0 Å². The van der Waals surface area contributed by atoms with E-state index in [1.54, 1.807) is 6.07 Å². The number of benzene rings is 1. The predicted octanol–water partition coefficient (Wildman–Crippen LogP) is 4.66. The van der Waals surface area contributed by atoms with Crippen molar-refractivity contribution in [2.24, 2.45) is 17.6 Å². The van der Waals surface area contributed by atoms with Crippen LogP contribution in [0, 0.1) is 11.8 Å². The van der Waals surface area contributed by atoms with Crippen LogP contribution in [0.4, 0.5) is 0 Å².